The van der Waals surface area contributed by atoms with Crippen LogP contribution in [0.5, 0.6) is 0 Å². The molecular formula is C24H18N2O3. The van der Waals surface area contributed by atoms with Crippen LogP contribution < -0.4 is 0 Å². The number of fused-ring (bicyclic) bond motifs is 1. The van der Waals surface area contributed by atoms with E-state index in [1.54, 1.807) is 12.1 Å². The molecule has 0 aliphatic heterocycles. The maximum atomic E-state index is 11.6. The number of methoxy groups -OCH3 is 1. The van der Waals surface area contributed by atoms with Crippen molar-refractivity contribution in [2.45, 2.75) is 6.54 Å². The van der Waals surface area contributed by atoms with Gasteiger partial charge in [0, 0.05) is 22.7 Å². The summed E-state index contributed by atoms with van der Waals surface area (Å²) in [5.41, 5.74) is 3.43. The predicted molar refractivity (Wildman–Crippen MR) is 111 cm³/mol. The average Bonchev–Trinajstić information content (AvgIpc) is 3.37. The number of esters is 1. The smallest absolute Gasteiger partial charge is 0.373 e. The Morgan fingerprint density at radius 2 is 1.86 bits per heavy atom. The zero-order valence-corrected chi connectivity index (χ0v) is 15.8. The molecule has 0 atom stereocenters. The summed E-state index contributed by atoms with van der Waals surface area (Å²) in [4.78, 5) is 11.6. The third kappa shape index (κ3) is 3.69. The van der Waals surface area contributed by atoms with E-state index in [0.29, 0.717) is 17.9 Å². The Balaban J connectivity index is 1.74. The van der Waals surface area contributed by atoms with Gasteiger partial charge in [0.05, 0.1) is 25.3 Å². The van der Waals surface area contributed by atoms with E-state index in [-0.39, 0.29) is 5.76 Å². The van der Waals surface area contributed by atoms with Gasteiger partial charge in [-0.15, -0.1) is 0 Å². The highest BCUT2D eigenvalue weighted by molar-refractivity contribution is 5.98. The zero-order chi connectivity index (χ0) is 20.2. The van der Waals surface area contributed by atoms with Gasteiger partial charge in [0.2, 0.25) is 5.76 Å². The van der Waals surface area contributed by atoms with Gasteiger partial charge in [-0.3, -0.25) is 0 Å². The van der Waals surface area contributed by atoms with Crippen LogP contribution in [0.15, 0.2) is 77.3 Å². The first-order valence-corrected chi connectivity index (χ1v) is 9.11. The molecule has 0 unspecified atom stereocenters. The molecule has 0 bridgehead atoms. The Labute approximate surface area is 168 Å². The number of benzene rings is 2. The van der Waals surface area contributed by atoms with Gasteiger partial charge in [0.25, 0.3) is 0 Å². The maximum Gasteiger partial charge on any atom is 0.373 e. The van der Waals surface area contributed by atoms with Crippen molar-refractivity contribution in [3.8, 4) is 6.07 Å². The second-order valence-electron chi connectivity index (χ2n) is 6.52. The Kier molecular flexibility index (Phi) is 5.00. The Morgan fingerprint density at radius 1 is 1.10 bits per heavy atom. The van der Waals surface area contributed by atoms with Crippen molar-refractivity contribution in [2.24, 2.45) is 0 Å². The summed E-state index contributed by atoms with van der Waals surface area (Å²) in [7, 11) is 1.32. The fourth-order valence-corrected chi connectivity index (χ4v) is 3.32. The number of carbonyl (C=O) groups is 1. The highest BCUT2D eigenvalue weighted by Gasteiger charge is 2.13. The molecule has 0 saturated heterocycles. The molecule has 0 radical (unpaired) electrons. The first-order chi connectivity index (χ1) is 14.2. The second kappa shape index (κ2) is 7.91. The van der Waals surface area contributed by atoms with Gasteiger partial charge in [-0.1, -0.05) is 48.5 Å². The van der Waals surface area contributed by atoms with Crippen LogP contribution in [0.2, 0.25) is 0 Å². The third-order valence-electron chi connectivity index (χ3n) is 4.70. The quantitative estimate of drug-likeness (QED) is 0.354. The summed E-state index contributed by atoms with van der Waals surface area (Å²) in [6.45, 7) is 0.457. The van der Waals surface area contributed by atoms with Gasteiger partial charge in [0.15, 0.2) is 0 Å². The van der Waals surface area contributed by atoms with E-state index < -0.39 is 5.97 Å². The molecular weight excluding hydrogens is 364 g/mol. The molecule has 5 nitrogen and oxygen atoms in total. The number of nitriles is 1. The van der Waals surface area contributed by atoms with Gasteiger partial charge in [-0.2, -0.15) is 5.26 Å². The molecule has 0 spiro atoms. The van der Waals surface area contributed by atoms with Gasteiger partial charge in [0.1, 0.15) is 5.76 Å². The van der Waals surface area contributed by atoms with Crippen molar-refractivity contribution in [2.75, 3.05) is 7.11 Å². The standard InChI is InChI=1S/C24H18N2O3/c1-28-24(27)23-12-11-20(29-23)16-26-15-19(21-9-5-6-10-22(21)26)13-18(14-25)17-7-3-2-4-8-17/h2-13,15H,16H2,1H3/b18-13+. The normalized spacial score (nSPS) is 11.4. The van der Waals surface area contributed by atoms with Gasteiger partial charge in [-0.05, 0) is 29.8 Å². The number of nitrogens with zero attached hydrogens (tertiary/aromatic N) is 2. The molecule has 5 heteroatoms. The average molecular weight is 382 g/mol. The lowest BCUT2D eigenvalue weighted by Crippen LogP contribution is -1.99. The van der Waals surface area contributed by atoms with Crippen LogP contribution in [-0.4, -0.2) is 17.6 Å². The van der Waals surface area contributed by atoms with E-state index in [9.17, 15) is 10.1 Å². The van der Waals surface area contributed by atoms with E-state index >= 15 is 0 Å². The van der Waals surface area contributed by atoms with Crippen LogP contribution in [0.25, 0.3) is 22.6 Å². The number of allylic oxidation sites excluding steroid dienone is 1. The molecule has 2 aromatic carbocycles. The molecule has 2 aromatic heterocycles. The summed E-state index contributed by atoms with van der Waals surface area (Å²) in [5.74, 6) is 0.318. The van der Waals surface area contributed by atoms with E-state index in [1.165, 1.54) is 7.11 Å². The van der Waals surface area contributed by atoms with Crippen LogP contribution in [0.3, 0.4) is 0 Å². The fourth-order valence-electron chi connectivity index (χ4n) is 3.32. The first kappa shape index (κ1) is 18.3. The molecule has 0 aliphatic carbocycles. The van der Waals surface area contributed by atoms with Crippen molar-refractivity contribution in [3.05, 3.63) is 95.6 Å². The maximum absolute atomic E-state index is 11.6. The van der Waals surface area contributed by atoms with E-state index in [2.05, 4.69) is 6.07 Å². The summed E-state index contributed by atoms with van der Waals surface area (Å²) in [6, 6.07) is 23.3. The second-order valence-corrected chi connectivity index (χ2v) is 6.52. The zero-order valence-electron chi connectivity index (χ0n) is 15.8. The molecule has 0 amide bonds. The molecule has 0 aliphatic rings. The van der Waals surface area contributed by atoms with Crippen LogP contribution >= 0.6 is 0 Å². The minimum Gasteiger partial charge on any atom is -0.463 e. The lowest BCUT2D eigenvalue weighted by molar-refractivity contribution is 0.0563. The molecule has 4 rings (SSSR count). The molecule has 2 heterocycles. The molecule has 142 valence electrons. The summed E-state index contributed by atoms with van der Waals surface area (Å²) in [6.07, 6.45) is 3.89. The number of hydrogen-bond acceptors (Lipinski definition) is 4. The minimum atomic E-state index is -0.501. The Hall–Kier alpha value is -4.04. The van der Waals surface area contributed by atoms with Gasteiger partial charge < -0.3 is 13.7 Å². The van der Waals surface area contributed by atoms with E-state index in [1.807, 2.05) is 71.4 Å². The highest BCUT2D eigenvalue weighted by Crippen LogP contribution is 2.27. The Morgan fingerprint density at radius 3 is 2.62 bits per heavy atom. The van der Waals surface area contributed by atoms with Crippen molar-refractivity contribution in [3.63, 3.8) is 0 Å². The summed E-state index contributed by atoms with van der Waals surface area (Å²) < 4.78 is 12.3. The molecule has 0 fully saturated rings. The van der Waals surface area contributed by atoms with Crippen LogP contribution in [0.4, 0.5) is 0 Å². The lowest BCUT2D eigenvalue weighted by Gasteiger charge is -2.02. The number of rotatable bonds is 5. The third-order valence-corrected chi connectivity index (χ3v) is 4.70. The van der Waals surface area contributed by atoms with Crippen molar-refractivity contribution < 1.29 is 13.9 Å². The number of furan rings is 1. The van der Waals surface area contributed by atoms with Crippen LogP contribution in [0.1, 0.15) is 27.4 Å². The molecule has 0 saturated carbocycles. The highest BCUT2D eigenvalue weighted by atomic mass is 16.5. The number of para-hydroxylation sites is 1. The monoisotopic (exact) mass is 382 g/mol. The first-order valence-electron chi connectivity index (χ1n) is 9.11. The van der Waals surface area contributed by atoms with Crippen LogP contribution in [0, 0.1) is 11.3 Å². The molecule has 29 heavy (non-hydrogen) atoms. The van der Waals surface area contributed by atoms with Crippen molar-refractivity contribution in [1.82, 2.24) is 4.57 Å². The largest absolute Gasteiger partial charge is 0.463 e. The van der Waals surface area contributed by atoms with Crippen LogP contribution in [-0.2, 0) is 11.3 Å². The van der Waals surface area contributed by atoms with E-state index in [0.717, 1.165) is 22.0 Å². The summed E-state index contributed by atoms with van der Waals surface area (Å²) >= 11 is 0. The lowest BCUT2D eigenvalue weighted by atomic mass is 10.0. The predicted octanol–water partition coefficient (Wildman–Crippen LogP) is 5.13. The number of carbonyl (C=O) groups excluding carboxylic acids is 1. The number of hydrogen-bond donors (Lipinski definition) is 0. The van der Waals surface area contributed by atoms with E-state index in [4.69, 9.17) is 9.15 Å². The van der Waals surface area contributed by atoms with Crippen molar-refractivity contribution in [1.29, 1.82) is 5.26 Å². The van der Waals surface area contributed by atoms with Gasteiger partial charge >= 0.3 is 5.97 Å². The molecule has 4 aromatic rings. The van der Waals surface area contributed by atoms with Crippen molar-refractivity contribution >= 4 is 28.5 Å². The Bertz CT molecular complexity index is 1240. The SMILES string of the molecule is COC(=O)c1ccc(Cn2cc(/C=C(\C#N)c3ccccc3)c3ccccc32)o1. The number of ether oxygens (including phenoxy) is 1. The summed E-state index contributed by atoms with van der Waals surface area (Å²) in [5, 5.41) is 10.7. The number of aromatic nitrogens is 1. The van der Waals surface area contributed by atoms with Gasteiger partial charge in [-0.25, -0.2) is 4.79 Å². The molecule has 0 N–H and O–H groups in total. The minimum absolute atomic E-state index is 0.176. The fraction of sp³-hybridized carbons (Fsp3) is 0.0833. The topological polar surface area (TPSA) is 68.2 Å².